The van der Waals surface area contributed by atoms with Crippen molar-refractivity contribution in [3.8, 4) is 0 Å². The number of nitrogens with zero attached hydrogens (tertiary/aromatic N) is 2. The van der Waals surface area contributed by atoms with Crippen LogP contribution in [0, 0.1) is 6.92 Å². The fraction of sp³-hybridized carbons (Fsp3) is 0.188. The van der Waals surface area contributed by atoms with Gasteiger partial charge in [-0.05, 0) is 25.3 Å². The van der Waals surface area contributed by atoms with E-state index in [-0.39, 0.29) is 11.2 Å². The molecule has 3 rings (SSSR count). The van der Waals surface area contributed by atoms with Gasteiger partial charge in [0.15, 0.2) is 0 Å². The van der Waals surface area contributed by atoms with E-state index in [1.165, 1.54) is 11.8 Å². The molecule has 1 atom stereocenters. The van der Waals surface area contributed by atoms with Crippen LogP contribution in [-0.4, -0.2) is 26.3 Å². The maximum absolute atomic E-state index is 12.4. The Morgan fingerprint density at radius 2 is 2.00 bits per heavy atom. The summed E-state index contributed by atoms with van der Waals surface area (Å²) in [4.78, 5) is 16.6. The molecule has 0 saturated heterocycles. The van der Waals surface area contributed by atoms with E-state index in [1.807, 2.05) is 56.3 Å². The number of fused-ring (bicyclic) bond motifs is 1. The predicted molar refractivity (Wildman–Crippen MR) is 89.0 cm³/mol. The molecule has 0 aliphatic rings. The van der Waals surface area contributed by atoms with Gasteiger partial charge in [-0.1, -0.05) is 48.2 Å². The molecular weight excluding hydrogens is 296 g/mol. The number of carbonyl (C=O) groups is 1. The summed E-state index contributed by atoms with van der Waals surface area (Å²) in [6.45, 7) is 3.68. The van der Waals surface area contributed by atoms with Crippen LogP contribution < -0.4 is 5.32 Å². The fourth-order valence-corrected chi connectivity index (χ4v) is 2.93. The highest BCUT2D eigenvalue weighted by Gasteiger charge is 2.17. The Morgan fingerprint density at radius 1 is 1.23 bits per heavy atom. The number of rotatable bonds is 4. The Balaban J connectivity index is 1.75. The second-order valence-corrected chi connectivity index (χ2v) is 6.29. The summed E-state index contributed by atoms with van der Waals surface area (Å²) in [6.07, 6.45) is 0. The molecule has 0 saturated carbocycles. The molecule has 1 amide bonds. The lowest BCUT2D eigenvalue weighted by Crippen LogP contribution is -2.22. The number of aryl methyl sites for hydroxylation is 1. The van der Waals surface area contributed by atoms with Gasteiger partial charge in [-0.25, -0.2) is 4.98 Å². The number of hydrogen-bond acceptors (Lipinski definition) is 4. The van der Waals surface area contributed by atoms with E-state index < -0.39 is 0 Å². The third kappa shape index (κ3) is 3.12. The van der Waals surface area contributed by atoms with Crippen molar-refractivity contribution in [2.75, 3.05) is 5.32 Å². The Labute approximate surface area is 132 Å². The molecule has 0 radical (unpaired) electrons. The number of aromatic amines is 1. The Kier molecular flexibility index (Phi) is 4.11. The molecule has 2 N–H and O–H groups in total. The fourth-order valence-electron chi connectivity index (χ4n) is 2.16. The van der Waals surface area contributed by atoms with Crippen molar-refractivity contribution >= 4 is 34.1 Å². The van der Waals surface area contributed by atoms with Gasteiger partial charge in [0.2, 0.25) is 11.1 Å². The largest absolute Gasteiger partial charge is 0.325 e. The van der Waals surface area contributed by atoms with Crippen molar-refractivity contribution in [1.82, 2.24) is 15.2 Å². The Hall–Kier alpha value is -2.34. The minimum atomic E-state index is -0.283. The molecule has 6 heteroatoms. The number of benzene rings is 2. The Morgan fingerprint density at radius 3 is 2.77 bits per heavy atom. The van der Waals surface area contributed by atoms with E-state index >= 15 is 0 Å². The first-order chi connectivity index (χ1) is 10.6. The summed E-state index contributed by atoms with van der Waals surface area (Å²) in [5, 5.41) is 12.2. The monoisotopic (exact) mass is 312 g/mol. The van der Waals surface area contributed by atoms with Crippen molar-refractivity contribution in [2.45, 2.75) is 24.3 Å². The van der Waals surface area contributed by atoms with E-state index in [0.717, 1.165) is 22.3 Å². The van der Waals surface area contributed by atoms with Crippen molar-refractivity contribution in [3.63, 3.8) is 0 Å². The standard InChI is InChI=1S/C16H16N4OS/c1-10(22-16-17-11(2)19-20-16)15(21)18-14-9-5-7-12-6-3-4-8-13(12)14/h3-10H,1-2H3,(H,18,21)(H,17,19,20). The average molecular weight is 312 g/mol. The molecule has 3 aromatic rings. The molecule has 0 aliphatic heterocycles. The first-order valence-electron chi connectivity index (χ1n) is 6.98. The zero-order valence-corrected chi connectivity index (χ0v) is 13.1. The first kappa shape index (κ1) is 14.6. The number of hydrogen-bond donors (Lipinski definition) is 2. The summed E-state index contributed by atoms with van der Waals surface area (Å²) in [5.74, 6) is 0.674. The molecule has 0 bridgehead atoms. The number of anilines is 1. The normalized spacial score (nSPS) is 12.3. The van der Waals surface area contributed by atoms with Crippen LogP contribution in [0.5, 0.6) is 0 Å². The van der Waals surface area contributed by atoms with E-state index in [4.69, 9.17) is 0 Å². The molecule has 112 valence electrons. The van der Waals surface area contributed by atoms with Crippen LogP contribution in [-0.2, 0) is 4.79 Å². The van der Waals surface area contributed by atoms with E-state index in [2.05, 4.69) is 20.5 Å². The zero-order chi connectivity index (χ0) is 15.5. The molecular formula is C16H16N4OS. The second-order valence-electron chi connectivity index (χ2n) is 4.98. The van der Waals surface area contributed by atoms with Gasteiger partial charge in [0.1, 0.15) is 5.82 Å². The van der Waals surface area contributed by atoms with Crippen LogP contribution in [0.2, 0.25) is 0 Å². The highest BCUT2D eigenvalue weighted by atomic mass is 32.2. The summed E-state index contributed by atoms with van der Waals surface area (Å²) in [5.41, 5.74) is 0.821. The highest BCUT2D eigenvalue weighted by molar-refractivity contribution is 8.00. The summed E-state index contributed by atoms with van der Waals surface area (Å²) in [6, 6.07) is 13.9. The van der Waals surface area contributed by atoms with Crippen LogP contribution >= 0.6 is 11.8 Å². The minimum absolute atomic E-state index is 0.0659. The molecule has 5 nitrogen and oxygen atoms in total. The molecule has 2 aromatic carbocycles. The van der Waals surface area contributed by atoms with Gasteiger partial charge >= 0.3 is 0 Å². The van der Waals surface area contributed by atoms with Gasteiger partial charge in [0.05, 0.1) is 5.25 Å². The van der Waals surface area contributed by atoms with E-state index in [0.29, 0.717) is 5.16 Å². The predicted octanol–water partition coefficient (Wildman–Crippen LogP) is 3.39. The average Bonchev–Trinajstić information content (AvgIpc) is 2.92. The quantitative estimate of drug-likeness (QED) is 0.725. The van der Waals surface area contributed by atoms with Crippen LogP contribution in [0.3, 0.4) is 0 Å². The number of nitrogens with one attached hydrogen (secondary N) is 2. The third-order valence-electron chi connectivity index (χ3n) is 3.28. The lowest BCUT2D eigenvalue weighted by Gasteiger charge is -2.12. The molecule has 0 aliphatic carbocycles. The molecule has 1 heterocycles. The SMILES string of the molecule is Cc1nc(SC(C)C(=O)Nc2cccc3ccccc23)n[nH]1. The third-order valence-corrected chi connectivity index (χ3v) is 4.24. The van der Waals surface area contributed by atoms with Crippen LogP contribution in [0.25, 0.3) is 10.8 Å². The molecule has 1 unspecified atom stereocenters. The van der Waals surface area contributed by atoms with Crippen molar-refractivity contribution in [2.24, 2.45) is 0 Å². The lowest BCUT2D eigenvalue weighted by atomic mass is 10.1. The van der Waals surface area contributed by atoms with Gasteiger partial charge in [-0.15, -0.1) is 5.10 Å². The molecule has 1 aromatic heterocycles. The Bertz CT molecular complexity index is 809. The summed E-state index contributed by atoms with van der Waals surface area (Å²) < 4.78 is 0. The zero-order valence-electron chi connectivity index (χ0n) is 12.3. The van der Waals surface area contributed by atoms with E-state index in [9.17, 15) is 4.79 Å². The minimum Gasteiger partial charge on any atom is -0.325 e. The number of aromatic nitrogens is 3. The van der Waals surface area contributed by atoms with Crippen LogP contribution in [0.1, 0.15) is 12.7 Å². The first-order valence-corrected chi connectivity index (χ1v) is 7.86. The van der Waals surface area contributed by atoms with Crippen molar-refractivity contribution in [1.29, 1.82) is 0 Å². The summed E-state index contributed by atoms with van der Waals surface area (Å²) >= 11 is 1.33. The maximum atomic E-state index is 12.4. The topological polar surface area (TPSA) is 70.7 Å². The van der Waals surface area contributed by atoms with Crippen LogP contribution in [0.4, 0.5) is 5.69 Å². The number of carbonyl (C=O) groups excluding carboxylic acids is 1. The van der Waals surface area contributed by atoms with Gasteiger partial charge in [-0.3, -0.25) is 9.89 Å². The lowest BCUT2D eigenvalue weighted by molar-refractivity contribution is -0.115. The maximum Gasteiger partial charge on any atom is 0.237 e. The van der Waals surface area contributed by atoms with Gasteiger partial charge in [0, 0.05) is 11.1 Å². The number of thioether (sulfide) groups is 1. The van der Waals surface area contributed by atoms with Crippen molar-refractivity contribution < 1.29 is 4.79 Å². The number of H-pyrrole nitrogens is 1. The van der Waals surface area contributed by atoms with Gasteiger partial charge in [-0.2, -0.15) is 0 Å². The molecule has 0 spiro atoms. The molecule has 0 fully saturated rings. The molecule has 22 heavy (non-hydrogen) atoms. The van der Waals surface area contributed by atoms with Gasteiger partial charge < -0.3 is 5.32 Å². The summed E-state index contributed by atoms with van der Waals surface area (Å²) in [7, 11) is 0. The van der Waals surface area contributed by atoms with E-state index in [1.54, 1.807) is 0 Å². The highest BCUT2D eigenvalue weighted by Crippen LogP contribution is 2.25. The second kappa shape index (κ2) is 6.19. The van der Waals surface area contributed by atoms with Crippen molar-refractivity contribution in [3.05, 3.63) is 48.3 Å². The smallest absolute Gasteiger partial charge is 0.237 e. The van der Waals surface area contributed by atoms with Crippen LogP contribution in [0.15, 0.2) is 47.6 Å². The number of amides is 1. The van der Waals surface area contributed by atoms with Gasteiger partial charge in [0.25, 0.3) is 0 Å².